The summed E-state index contributed by atoms with van der Waals surface area (Å²) in [5, 5.41) is 10.1. The molecular weight excluding hydrogens is 658 g/mol. The van der Waals surface area contributed by atoms with E-state index in [1.165, 1.54) is 17.2 Å². The molecule has 42 heavy (non-hydrogen) atoms. The Morgan fingerprint density at radius 1 is 0.810 bits per heavy atom. The SMILES string of the molecule is Brc1cc(/C=N/Nc2nc(Nc3ccccc3)nc(N3CCCCC3)n2)cc(Br)c1OCc1cccc2ccccc12. The summed E-state index contributed by atoms with van der Waals surface area (Å²) in [7, 11) is 0. The molecule has 8 nitrogen and oxygen atoms in total. The van der Waals surface area contributed by atoms with Crippen molar-refractivity contribution in [2.45, 2.75) is 25.9 Å². The zero-order valence-corrected chi connectivity index (χ0v) is 26.0. The van der Waals surface area contributed by atoms with E-state index < -0.39 is 0 Å². The van der Waals surface area contributed by atoms with E-state index in [2.05, 4.69) is 97.9 Å². The van der Waals surface area contributed by atoms with Gasteiger partial charge in [0.15, 0.2) is 0 Å². The second kappa shape index (κ2) is 13.3. The molecule has 10 heteroatoms. The summed E-state index contributed by atoms with van der Waals surface area (Å²) < 4.78 is 7.87. The largest absolute Gasteiger partial charge is 0.487 e. The molecule has 212 valence electrons. The van der Waals surface area contributed by atoms with Crippen molar-refractivity contribution in [3.63, 3.8) is 0 Å². The van der Waals surface area contributed by atoms with Crippen LogP contribution in [0.1, 0.15) is 30.4 Å². The predicted octanol–water partition coefficient (Wildman–Crippen LogP) is 8.31. The number of benzene rings is 4. The Bertz CT molecular complexity index is 1680. The third kappa shape index (κ3) is 6.88. The molecule has 1 saturated heterocycles. The number of rotatable bonds is 9. The van der Waals surface area contributed by atoms with Gasteiger partial charge in [-0.2, -0.15) is 20.1 Å². The Kier molecular flexibility index (Phi) is 8.91. The van der Waals surface area contributed by atoms with Gasteiger partial charge in [0, 0.05) is 18.8 Å². The predicted molar refractivity (Wildman–Crippen MR) is 177 cm³/mol. The number of para-hydroxylation sites is 1. The molecule has 2 heterocycles. The maximum atomic E-state index is 6.23. The molecule has 0 amide bonds. The molecule has 2 N–H and O–H groups in total. The maximum absolute atomic E-state index is 6.23. The van der Waals surface area contributed by atoms with Crippen LogP contribution in [0.4, 0.5) is 23.5 Å². The molecule has 1 fully saturated rings. The minimum atomic E-state index is 0.369. The zero-order chi connectivity index (χ0) is 28.7. The number of nitrogens with one attached hydrogen (secondary N) is 2. The van der Waals surface area contributed by atoms with E-state index in [1.54, 1.807) is 6.21 Å². The van der Waals surface area contributed by atoms with E-state index in [9.17, 15) is 0 Å². The molecule has 4 aromatic carbocycles. The van der Waals surface area contributed by atoms with Crippen molar-refractivity contribution in [2.24, 2.45) is 5.10 Å². The van der Waals surface area contributed by atoms with Crippen LogP contribution in [0.15, 0.2) is 99.0 Å². The van der Waals surface area contributed by atoms with Crippen LogP contribution in [0, 0.1) is 0 Å². The van der Waals surface area contributed by atoms with Gasteiger partial charge >= 0.3 is 0 Å². The molecule has 5 aromatic rings. The molecule has 0 unspecified atom stereocenters. The van der Waals surface area contributed by atoms with Crippen LogP contribution in [-0.4, -0.2) is 34.3 Å². The molecule has 1 aliphatic heterocycles. The highest BCUT2D eigenvalue weighted by atomic mass is 79.9. The van der Waals surface area contributed by atoms with E-state index in [0.29, 0.717) is 24.5 Å². The molecule has 0 atom stereocenters. The molecular formula is C32H29Br2N7O. The second-order valence-corrected chi connectivity index (χ2v) is 11.6. The number of nitrogens with zero attached hydrogens (tertiary/aromatic N) is 5. The zero-order valence-electron chi connectivity index (χ0n) is 22.8. The lowest BCUT2D eigenvalue weighted by Gasteiger charge is -2.26. The molecule has 0 radical (unpaired) electrons. The highest BCUT2D eigenvalue weighted by Crippen LogP contribution is 2.35. The first-order valence-corrected chi connectivity index (χ1v) is 15.4. The van der Waals surface area contributed by atoms with Crippen molar-refractivity contribution in [2.75, 3.05) is 28.7 Å². The first-order chi connectivity index (χ1) is 20.6. The van der Waals surface area contributed by atoms with Gasteiger partial charge in [0.25, 0.3) is 0 Å². The number of hydrogen-bond acceptors (Lipinski definition) is 8. The minimum absolute atomic E-state index is 0.369. The summed E-state index contributed by atoms with van der Waals surface area (Å²) >= 11 is 7.34. The first kappa shape index (κ1) is 28.1. The van der Waals surface area contributed by atoms with Crippen LogP contribution in [0.25, 0.3) is 10.8 Å². The van der Waals surface area contributed by atoms with Gasteiger partial charge in [-0.3, -0.25) is 0 Å². The number of piperidine rings is 1. The van der Waals surface area contributed by atoms with E-state index in [0.717, 1.165) is 57.4 Å². The van der Waals surface area contributed by atoms with Crippen LogP contribution in [0.5, 0.6) is 5.75 Å². The molecule has 6 rings (SSSR count). The Morgan fingerprint density at radius 2 is 1.52 bits per heavy atom. The minimum Gasteiger partial charge on any atom is -0.487 e. The summed E-state index contributed by atoms with van der Waals surface area (Å²) in [5.41, 5.74) is 5.89. The van der Waals surface area contributed by atoms with Crippen molar-refractivity contribution in [1.82, 2.24) is 15.0 Å². The van der Waals surface area contributed by atoms with Crippen molar-refractivity contribution in [1.29, 1.82) is 0 Å². The van der Waals surface area contributed by atoms with Gasteiger partial charge < -0.3 is 15.0 Å². The van der Waals surface area contributed by atoms with Crippen molar-refractivity contribution < 1.29 is 4.74 Å². The number of hydrazone groups is 1. The van der Waals surface area contributed by atoms with E-state index in [1.807, 2.05) is 54.6 Å². The van der Waals surface area contributed by atoms with Gasteiger partial charge in [-0.25, -0.2) is 5.43 Å². The number of aromatic nitrogens is 3. The fraction of sp³-hybridized carbons (Fsp3) is 0.188. The molecule has 0 spiro atoms. The van der Waals surface area contributed by atoms with Gasteiger partial charge in [-0.15, -0.1) is 0 Å². The normalized spacial score (nSPS) is 13.4. The lowest BCUT2D eigenvalue weighted by atomic mass is 10.1. The second-order valence-electron chi connectivity index (χ2n) is 9.93. The highest BCUT2D eigenvalue weighted by molar-refractivity contribution is 9.11. The Hall–Kier alpha value is -4.02. The fourth-order valence-electron chi connectivity index (χ4n) is 4.88. The average Bonchev–Trinajstić information content (AvgIpc) is 3.01. The standard InChI is InChI=1S/C32H29Br2N7O/c33-27-18-22(19-28(34)29(27)42-21-24-12-9-11-23-10-5-6-15-26(23)24)20-35-40-31-37-30(36-25-13-3-1-4-14-25)38-32(39-31)41-16-7-2-8-17-41/h1,3-6,9-15,18-20H,2,7-8,16-17,21H2,(H2,36,37,38,39,40)/b35-20+. The summed E-state index contributed by atoms with van der Waals surface area (Å²) in [4.78, 5) is 16.1. The van der Waals surface area contributed by atoms with Crippen LogP contribution < -0.4 is 20.4 Å². The Morgan fingerprint density at radius 3 is 2.33 bits per heavy atom. The fourth-order valence-corrected chi connectivity index (χ4v) is 6.33. The first-order valence-electron chi connectivity index (χ1n) is 13.8. The van der Waals surface area contributed by atoms with E-state index in [4.69, 9.17) is 4.74 Å². The summed E-state index contributed by atoms with van der Waals surface area (Å²) in [6, 6.07) is 28.4. The number of ether oxygens (including phenoxy) is 1. The lowest BCUT2D eigenvalue weighted by Crippen LogP contribution is -2.31. The smallest absolute Gasteiger partial charge is 0.250 e. The van der Waals surface area contributed by atoms with Crippen molar-refractivity contribution in [3.8, 4) is 5.75 Å². The third-order valence-corrected chi connectivity index (χ3v) is 8.12. The van der Waals surface area contributed by atoms with E-state index in [-0.39, 0.29) is 0 Å². The number of hydrogen-bond donors (Lipinski definition) is 2. The Labute approximate surface area is 261 Å². The van der Waals surface area contributed by atoms with Crippen LogP contribution in [0.2, 0.25) is 0 Å². The number of anilines is 4. The summed E-state index contributed by atoms with van der Waals surface area (Å²) in [6.07, 6.45) is 5.20. The summed E-state index contributed by atoms with van der Waals surface area (Å²) in [5.74, 6) is 2.20. The summed E-state index contributed by atoms with van der Waals surface area (Å²) in [6.45, 7) is 2.30. The highest BCUT2D eigenvalue weighted by Gasteiger charge is 2.17. The van der Waals surface area contributed by atoms with Gasteiger partial charge in [0.1, 0.15) is 12.4 Å². The molecule has 1 aromatic heterocycles. The molecule has 0 bridgehead atoms. The van der Waals surface area contributed by atoms with E-state index >= 15 is 0 Å². The monoisotopic (exact) mass is 685 g/mol. The number of halogens is 2. The third-order valence-electron chi connectivity index (χ3n) is 6.94. The molecule has 0 aliphatic carbocycles. The lowest BCUT2D eigenvalue weighted by molar-refractivity contribution is 0.303. The Balaban J connectivity index is 1.17. The van der Waals surface area contributed by atoms with Gasteiger partial charge in [0.2, 0.25) is 17.8 Å². The van der Waals surface area contributed by atoms with Gasteiger partial charge in [0.05, 0.1) is 15.2 Å². The van der Waals surface area contributed by atoms with Crippen LogP contribution in [-0.2, 0) is 6.61 Å². The quantitative estimate of drug-likeness (QED) is 0.119. The average molecular weight is 687 g/mol. The topological polar surface area (TPSA) is 87.6 Å². The maximum Gasteiger partial charge on any atom is 0.250 e. The van der Waals surface area contributed by atoms with Crippen LogP contribution >= 0.6 is 31.9 Å². The molecule has 1 aliphatic rings. The van der Waals surface area contributed by atoms with Crippen molar-refractivity contribution >= 4 is 72.4 Å². The van der Waals surface area contributed by atoms with Crippen LogP contribution in [0.3, 0.4) is 0 Å². The van der Waals surface area contributed by atoms with Gasteiger partial charge in [-0.05, 0) is 97.3 Å². The van der Waals surface area contributed by atoms with Crippen molar-refractivity contribution in [3.05, 3.63) is 105 Å². The van der Waals surface area contributed by atoms with Gasteiger partial charge in [-0.1, -0.05) is 60.7 Å². The number of fused-ring (bicyclic) bond motifs is 1. The molecule has 0 saturated carbocycles.